The molecule has 3 nitrogen and oxygen atoms in total. The van der Waals surface area contributed by atoms with Crippen molar-refractivity contribution in [3.05, 3.63) is 35.9 Å². The van der Waals surface area contributed by atoms with Crippen LogP contribution in [0.3, 0.4) is 0 Å². The molecule has 0 saturated carbocycles. The number of nitrogens with two attached hydrogens (primary N) is 1. The predicted octanol–water partition coefficient (Wildman–Crippen LogP) is 2.96. The zero-order valence-electron chi connectivity index (χ0n) is 13.4. The van der Waals surface area contributed by atoms with Crippen molar-refractivity contribution >= 4 is 0 Å². The standard InChI is InChI=1S/C17H28N2O/c1-13(18)15(14-9-7-6-8-10-14)19-11-16(2,3)20-17(4,5)12-19/h6-10,13,15H,11-12,18H2,1-5H3. The molecule has 2 unspecified atom stereocenters. The molecule has 1 fully saturated rings. The number of benzene rings is 1. The van der Waals surface area contributed by atoms with Gasteiger partial charge in [-0.25, -0.2) is 0 Å². The minimum absolute atomic E-state index is 0.0853. The number of rotatable bonds is 3. The molecule has 1 aliphatic heterocycles. The zero-order chi connectivity index (χ0) is 15.0. The van der Waals surface area contributed by atoms with Crippen LogP contribution in [0.5, 0.6) is 0 Å². The van der Waals surface area contributed by atoms with E-state index in [2.05, 4.69) is 69.9 Å². The molecule has 2 rings (SSSR count). The summed E-state index contributed by atoms with van der Waals surface area (Å²) in [4.78, 5) is 2.48. The van der Waals surface area contributed by atoms with E-state index in [-0.39, 0.29) is 23.3 Å². The highest BCUT2D eigenvalue weighted by atomic mass is 16.5. The summed E-state index contributed by atoms with van der Waals surface area (Å²) in [6.07, 6.45) is 0. The van der Waals surface area contributed by atoms with E-state index in [1.54, 1.807) is 0 Å². The van der Waals surface area contributed by atoms with Gasteiger partial charge in [0, 0.05) is 25.2 Å². The first-order valence-corrected chi connectivity index (χ1v) is 7.45. The molecule has 1 saturated heterocycles. The van der Waals surface area contributed by atoms with E-state index in [4.69, 9.17) is 10.5 Å². The van der Waals surface area contributed by atoms with E-state index in [0.29, 0.717) is 0 Å². The Morgan fingerprint density at radius 2 is 1.55 bits per heavy atom. The Morgan fingerprint density at radius 3 is 2.00 bits per heavy atom. The first-order valence-electron chi connectivity index (χ1n) is 7.45. The lowest BCUT2D eigenvalue weighted by molar-refractivity contribution is -0.189. The van der Waals surface area contributed by atoms with Crippen LogP contribution in [0.4, 0.5) is 0 Å². The van der Waals surface area contributed by atoms with Crippen molar-refractivity contribution in [1.82, 2.24) is 4.90 Å². The fourth-order valence-corrected chi connectivity index (χ4v) is 3.54. The second-order valence-corrected chi connectivity index (χ2v) is 7.24. The maximum Gasteiger partial charge on any atom is 0.0761 e. The quantitative estimate of drug-likeness (QED) is 0.922. The van der Waals surface area contributed by atoms with Crippen molar-refractivity contribution in [3.8, 4) is 0 Å². The van der Waals surface area contributed by atoms with E-state index in [9.17, 15) is 0 Å². The molecule has 3 heteroatoms. The molecule has 2 atom stereocenters. The number of hydrogen-bond acceptors (Lipinski definition) is 3. The van der Waals surface area contributed by atoms with Crippen LogP contribution in [-0.2, 0) is 4.74 Å². The Morgan fingerprint density at radius 1 is 1.05 bits per heavy atom. The highest BCUT2D eigenvalue weighted by molar-refractivity contribution is 5.21. The Kier molecular flexibility index (Phi) is 4.24. The van der Waals surface area contributed by atoms with E-state index >= 15 is 0 Å². The summed E-state index contributed by atoms with van der Waals surface area (Å²) in [5.41, 5.74) is 7.28. The lowest BCUT2D eigenvalue weighted by atomic mass is 9.92. The molecular weight excluding hydrogens is 248 g/mol. The van der Waals surface area contributed by atoms with Gasteiger partial charge >= 0.3 is 0 Å². The van der Waals surface area contributed by atoms with Gasteiger partial charge < -0.3 is 10.5 Å². The molecule has 0 aromatic heterocycles. The molecule has 1 aliphatic rings. The van der Waals surface area contributed by atoms with Gasteiger partial charge in [-0.15, -0.1) is 0 Å². The van der Waals surface area contributed by atoms with Crippen LogP contribution in [0.25, 0.3) is 0 Å². The Balaban J connectivity index is 2.30. The molecule has 0 spiro atoms. The molecule has 1 aromatic rings. The average Bonchev–Trinajstić information content (AvgIpc) is 2.25. The van der Waals surface area contributed by atoms with Gasteiger partial charge in [0.1, 0.15) is 0 Å². The first kappa shape index (κ1) is 15.5. The maximum atomic E-state index is 6.29. The normalized spacial score (nSPS) is 25.1. The van der Waals surface area contributed by atoms with Crippen molar-refractivity contribution in [1.29, 1.82) is 0 Å². The molecule has 0 amide bonds. The number of hydrogen-bond donors (Lipinski definition) is 1. The number of morpholine rings is 1. The molecule has 20 heavy (non-hydrogen) atoms. The van der Waals surface area contributed by atoms with Crippen LogP contribution in [0.1, 0.15) is 46.2 Å². The molecular formula is C17H28N2O. The molecule has 1 aromatic carbocycles. The molecule has 112 valence electrons. The Labute approximate surface area is 123 Å². The lowest BCUT2D eigenvalue weighted by Crippen LogP contribution is -2.59. The van der Waals surface area contributed by atoms with Crippen molar-refractivity contribution in [2.45, 2.75) is 57.9 Å². The average molecular weight is 276 g/mol. The first-order chi connectivity index (χ1) is 9.20. The van der Waals surface area contributed by atoms with Crippen LogP contribution in [0.15, 0.2) is 30.3 Å². The second kappa shape index (κ2) is 5.47. The summed E-state index contributed by atoms with van der Waals surface area (Å²) in [7, 11) is 0. The summed E-state index contributed by atoms with van der Waals surface area (Å²) in [6, 6.07) is 10.9. The SMILES string of the molecule is CC(N)C(c1ccccc1)N1CC(C)(C)OC(C)(C)C1. The topological polar surface area (TPSA) is 38.5 Å². The summed E-state index contributed by atoms with van der Waals surface area (Å²) in [5.74, 6) is 0. The largest absolute Gasteiger partial charge is 0.367 e. The molecule has 1 heterocycles. The van der Waals surface area contributed by atoms with Gasteiger partial charge in [0.25, 0.3) is 0 Å². The molecule has 0 bridgehead atoms. The summed E-state index contributed by atoms with van der Waals surface area (Å²) >= 11 is 0. The van der Waals surface area contributed by atoms with E-state index < -0.39 is 0 Å². The van der Waals surface area contributed by atoms with Crippen LogP contribution in [0.2, 0.25) is 0 Å². The predicted molar refractivity (Wildman–Crippen MR) is 83.6 cm³/mol. The fourth-order valence-electron chi connectivity index (χ4n) is 3.54. The van der Waals surface area contributed by atoms with Gasteiger partial charge in [-0.05, 0) is 40.2 Å². The van der Waals surface area contributed by atoms with E-state index in [0.717, 1.165) is 13.1 Å². The highest BCUT2D eigenvalue weighted by Crippen LogP contribution is 2.34. The van der Waals surface area contributed by atoms with Crippen LogP contribution in [-0.4, -0.2) is 35.2 Å². The third-order valence-electron chi connectivity index (χ3n) is 3.75. The fraction of sp³-hybridized carbons (Fsp3) is 0.647. The highest BCUT2D eigenvalue weighted by Gasteiger charge is 2.41. The van der Waals surface area contributed by atoms with Gasteiger partial charge in [-0.2, -0.15) is 0 Å². The third kappa shape index (κ3) is 3.60. The second-order valence-electron chi connectivity index (χ2n) is 7.24. The molecule has 0 aliphatic carbocycles. The third-order valence-corrected chi connectivity index (χ3v) is 3.75. The van der Waals surface area contributed by atoms with Gasteiger partial charge in [0.05, 0.1) is 11.2 Å². The van der Waals surface area contributed by atoms with Gasteiger partial charge in [0.15, 0.2) is 0 Å². The number of nitrogens with zero attached hydrogens (tertiary/aromatic N) is 1. The zero-order valence-corrected chi connectivity index (χ0v) is 13.4. The summed E-state index contributed by atoms with van der Waals surface area (Å²) < 4.78 is 6.17. The molecule has 2 N–H and O–H groups in total. The monoisotopic (exact) mass is 276 g/mol. The van der Waals surface area contributed by atoms with Crippen LogP contribution < -0.4 is 5.73 Å². The Hall–Kier alpha value is -0.900. The minimum atomic E-state index is -0.149. The van der Waals surface area contributed by atoms with Crippen molar-refractivity contribution in [2.75, 3.05) is 13.1 Å². The van der Waals surface area contributed by atoms with Crippen molar-refractivity contribution < 1.29 is 4.74 Å². The summed E-state index contributed by atoms with van der Waals surface area (Å²) in [5, 5.41) is 0. The van der Waals surface area contributed by atoms with Crippen LogP contribution in [0, 0.1) is 0 Å². The van der Waals surface area contributed by atoms with E-state index in [1.807, 2.05) is 0 Å². The maximum absolute atomic E-state index is 6.29. The Bertz CT molecular complexity index is 424. The molecule has 0 radical (unpaired) electrons. The van der Waals surface area contributed by atoms with Crippen molar-refractivity contribution in [3.63, 3.8) is 0 Å². The lowest BCUT2D eigenvalue weighted by Gasteiger charge is -2.50. The van der Waals surface area contributed by atoms with Gasteiger partial charge in [0.2, 0.25) is 0 Å². The van der Waals surface area contributed by atoms with Gasteiger partial charge in [-0.1, -0.05) is 30.3 Å². The number of ether oxygens (including phenoxy) is 1. The van der Waals surface area contributed by atoms with Crippen molar-refractivity contribution in [2.24, 2.45) is 5.73 Å². The minimum Gasteiger partial charge on any atom is -0.367 e. The van der Waals surface area contributed by atoms with Gasteiger partial charge in [-0.3, -0.25) is 4.90 Å². The van der Waals surface area contributed by atoms with Crippen LogP contribution >= 0.6 is 0 Å². The summed E-state index contributed by atoms with van der Waals surface area (Å²) in [6.45, 7) is 12.5. The smallest absolute Gasteiger partial charge is 0.0761 e. The van der Waals surface area contributed by atoms with E-state index in [1.165, 1.54) is 5.56 Å².